The molecule has 0 aromatic heterocycles. The van der Waals surface area contributed by atoms with Gasteiger partial charge in [0, 0.05) is 7.11 Å². The van der Waals surface area contributed by atoms with Crippen molar-refractivity contribution in [1.29, 1.82) is 0 Å². The number of carbonyl (C=O) groups excluding carboxylic acids is 2. The van der Waals surface area contributed by atoms with Gasteiger partial charge < -0.3 is 19.3 Å². The molecule has 0 spiro atoms. The minimum Gasteiger partial charge on any atom is -0.509 e. The highest BCUT2D eigenvalue weighted by atomic mass is 16.5. The van der Waals surface area contributed by atoms with Crippen LogP contribution in [0.25, 0.3) is 0 Å². The second kappa shape index (κ2) is 7.84. The fraction of sp³-hybridized carbons (Fsp3) is 0.600. The smallest absolute Gasteiger partial charge is 0.345 e. The summed E-state index contributed by atoms with van der Waals surface area (Å²) in [7, 11) is 2.64. The molecule has 0 aliphatic rings. The van der Waals surface area contributed by atoms with Gasteiger partial charge in [0.25, 0.3) is 0 Å². The van der Waals surface area contributed by atoms with Gasteiger partial charge in [-0.1, -0.05) is 0 Å². The average Bonchev–Trinajstić information content (AvgIpc) is 2.23. The lowest BCUT2D eigenvalue weighted by atomic mass is 10.1. The second-order valence-corrected chi connectivity index (χ2v) is 2.91. The fourth-order valence-corrected chi connectivity index (χ4v) is 0.950. The molecule has 0 aliphatic carbocycles. The van der Waals surface area contributed by atoms with Gasteiger partial charge >= 0.3 is 5.97 Å². The number of carbonyl (C=O) groups is 2. The maximum atomic E-state index is 11.1. The number of hydrogen-bond acceptors (Lipinski definition) is 6. The Morgan fingerprint density at radius 2 is 1.81 bits per heavy atom. The Morgan fingerprint density at radius 1 is 1.19 bits per heavy atom. The molecule has 0 radical (unpaired) electrons. The van der Waals surface area contributed by atoms with Gasteiger partial charge in [-0.25, -0.2) is 4.79 Å². The van der Waals surface area contributed by atoms with E-state index in [1.54, 1.807) is 0 Å². The fourth-order valence-electron chi connectivity index (χ4n) is 0.950. The average molecular weight is 232 g/mol. The number of hydrogen-bond donors (Lipinski definition) is 1. The Bertz CT molecular complexity index is 281. The highest BCUT2D eigenvalue weighted by molar-refractivity contribution is 6.16. The molecule has 0 amide bonds. The molecule has 6 nitrogen and oxygen atoms in total. The van der Waals surface area contributed by atoms with Gasteiger partial charge in [-0.15, -0.1) is 0 Å². The third-order valence-electron chi connectivity index (χ3n) is 1.70. The molecular formula is C10H16O6. The zero-order chi connectivity index (χ0) is 12.6. The number of Topliss-reactive ketones (excluding diaryl/α,β-unsaturated/α-hetero) is 1. The molecule has 0 bridgehead atoms. The Balaban J connectivity index is 4.47. The van der Waals surface area contributed by atoms with Crippen LogP contribution in [0.1, 0.15) is 6.92 Å². The summed E-state index contributed by atoms with van der Waals surface area (Å²) in [5.74, 6) is -1.88. The molecule has 0 atom stereocenters. The van der Waals surface area contributed by atoms with Gasteiger partial charge in [-0.05, 0) is 6.92 Å². The molecule has 0 aliphatic heterocycles. The quantitative estimate of drug-likeness (QED) is 0.169. The lowest BCUT2D eigenvalue weighted by molar-refractivity contribution is -0.138. The number of aliphatic hydroxyl groups excluding tert-OH is 1. The number of esters is 1. The zero-order valence-corrected chi connectivity index (χ0v) is 9.61. The van der Waals surface area contributed by atoms with E-state index in [2.05, 4.69) is 4.74 Å². The summed E-state index contributed by atoms with van der Waals surface area (Å²) in [4.78, 5) is 22.2. The first-order valence-electron chi connectivity index (χ1n) is 4.62. The molecular weight excluding hydrogens is 216 g/mol. The van der Waals surface area contributed by atoms with E-state index in [0.717, 1.165) is 14.0 Å². The standard InChI is InChI=1S/C10H16O6/c1-7(11)9(10(13)15-3)8(12)6-16-5-4-14-2/h12H,4-6H2,1-3H3/b9-8-. The van der Waals surface area contributed by atoms with Crippen LogP contribution in [0.15, 0.2) is 11.3 Å². The molecule has 1 N–H and O–H groups in total. The van der Waals surface area contributed by atoms with Gasteiger partial charge in [0.15, 0.2) is 5.78 Å². The monoisotopic (exact) mass is 232 g/mol. The third-order valence-corrected chi connectivity index (χ3v) is 1.70. The summed E-state index contributed by atoms with van der Waals surface area (Å²) in [5, 5.41) is 9.47. The van der Waals surface area contributed by atoms with E-state index in [9.17, 15) is 14.7 Å². The first kappa shape index (κ1) is 14.6. The van der Waals surface area contributed by atoms with E-state index in [1.807, 2.05) is 0 Å². The third kappa shape index (κ3) is 4.90. The molecule has 0 unspecified atom stereocenters. The van der Waals surface area contributed by atoms with Crippen molar-refractivity contribution in [2.24, 2.45) is 0 Å². The Hall–Kier alpha value is -1.40. The van der Waals surface area contributed by atoms with Gasteiger partial charge in [0.2, 0.25) is 0 Å². The number of methoxy groups -OCH3 is 2. The van der Waals surface area contributed by atoms with E-state index >= 15 is 0 Å². The summed E-state index contributed by atoms with van der Waals surface area (Å²) in [6.07, 6.45) is 0. The zero-order valence-electron chi connectivity index (χ0n) is 9.61. The molecule has 0 rings (SSSR count). The summed E-state index contributed by atoms with van der Waals surface area (Å²) in [5.41, 5.74) is -0.389. The molecule has 16 heavy (non-hydrogen) atoms. The molecule has 0 aromatic rings. The highest BCUT2D eigenvalue weighted by Crippen LogP contribution is 2.06. The predicted molar refractivity (Wildman–Crippen MR) is 55.0 cm³/mol. The van der Waals surface area contributed by atoms with E-state index in [1.165, 1.54) is 7.11 Å². The van der Waals surface area contributed by atoms with E-state index in [4.69, 9.17) is 9.47 Å². The van der Waals surface area contributed by atoms with Crippen molar-refractivity contribution in [3.05, 3.63) is 11.3 Å². The summed E-state index contributed by atoms with van der Waals surface area (Å²) >= 11 is 0. The summed E-state index contributed by atoms with van der Waals surface area (Å²) in [6, 6.07) is 0. The van der Waals surface area contributed by atoms with E-state index < -0.39 is 17.5 Å². The predicted octanol–water partition coefficient (Wildman–Crippen LogP) is 0.224. The van der Waals surface area contributed by atoms with Crippen molar-refractivity contribution in [3.8, 4) is 0 Å². The number of rotatable bonds is 7. The largest absolute Gasteiger partial charge is 0.509 e. The van der Waals surface area contributed by atoms with Crippen LogP contribution in [-0.2, 0) is 23.8 Å². The molecule has 0 saturated heterocycles. The number of ketones is 1. The second-order valence-electron chi connectivity index (χ2n) is 2.91. The van der Waals surface area contributed by atoms with Crippen molar-refractivity contribution in [1.82, 2.24) is 0 Å². The van der Waals surface area contributed by atoms with E-state index in [-0.39, 0.29) is 18.8 Å². The molecule has 0 heterocycles. The van der Waals surface area contributed by atoms with Gasteiger partial charge in [0.1, 0.15) is 17.9 Å². The van der Waals surface area contributed by atoms with Crippen LogP contribution < -0.4 is 0 Å². The normalized spacial score (nSPS) is 11.9. The molecule has 92 valence electrons. The minimum absolute atomic E-state index is 0.229. The van der Waals surface area contributed by atoms with E-state index in [0.29, 0.717) is 6.61 Å². The van der Waals surface area contributed by atoms with Crippen LogP contribution in [0.4, 0.5) is 0 Å². The lowest BCUT2D eigenvalue weighted by Crippen LogP contribution is -2.17. The van der Waals surface area contributed by atoms with Crippen LogP contribution in [0.2, 0.25) is 0 Å². The Morgan fingerprint density at radius 3 is 2.25 bits per heavy atom. The molecule has 0 fully saturated rings. The SMILES string of the molecule is COCCOC/C(O)=C(\C(C)=O)C(=O)OC. The Labute approximate surface area is 93.8 Å². The van der Waals surface area contributed by atoms with Crippen LogP contribution >= 0.6 is 0 Å². The summed E-state index contributed by atoms with van der Waals surface area (Å²) < 4.78 is 14.1. The lowest BCUT2D eigenvalue weighted by Gasteiger charge is -2.07. The molecule has 0 aromatic carbocycles. The van der Waals surface area contributed by atoms with Gasteiger partial charge in [0.05, 0.1) is 20.3 Å². The topological polar surface area (TPSA) is 82.1 Å². The van der Waals surface area contributed by atoms with Crippen molar-refractivity contribution >= 4 is 11.8 Å². The molecule has 6 heteroatoms. The number of aliphatic hydroxyl groups is 1. The van der Waals surface area contributed by atoms with Crippen molar-refractivity contribution < 1.29 is 28.9 Å². The van der Waals surface area contributed by atoms with Crippen LogP contribution in [0, 0.1) is 0 Å². The maximum Gasteiger partial charge on any atom is 0.345 e. The van der Waals surface area contributed by atoms with Crippen molar-refractivity contribution in [2.45, 2.75) is 6.92 Å². The number of ether oxygens (including phenoxy) is 3. The minimum atomic E-state index is -0.875. The van der Waals surface area contributed by atoms with Crippen molar-refractivity contribution in [2.75, 3.05) is 34.0 Å². The van der Waals surface area contributed by atoms with Crippen molar-refractivity contribution in [3.63, 3.8) is 0 Å². The maximum absolute atomic E-state index is 11.1. The first-order valence-corrected chi connectivity index (χ1v) is 4.62. The Kier molecular flexibility index (Phi) is 7.15. The van der Waals surface area contributed by atoms with Crippen LogP contribution in [-0.4, -0.2) is 50.9 Å². The highest BCUT2D eigenvalue weighted by Gasteiger charge is 2.20. The van der Waals surface area contributed by atoms with Crippen LogP contribution in [0.5, 0.6) is 0 Å². The first-order chi connectivity index (χ1) is 7.54. The van der Waals surface area contributed by atoms with Gasteiger partial charge in [-0.3, -0.25) is 4.79 Å². The van der Waals surface area contributed by atoms with Crippen LogP contribution in [0.3, 0.4) is 0 Å². The summed E-state index contributed by atoms with van der Waals surface area (Å²) in [6.45, 7) is 1.55. The van der Waals surface area contributed by atoms with Gasteiger partial charge in [-0.2, -0.15) is 0 Å². The molecule has 0 saturated carbocycles.